The predicted octanol–water partition coefficient (Wildman–Crippen LogP) is 2.51. The Morgan fingerprint density at radius 1 is 1.22 bits per heavy atom. The van der Waals surface area contributed by atoms with Gasteiger partial charge in [-0.1, -0.05) is 25.8 Å². The number of unbranched alkanes of at least 4 members (excludes halogenated alkanes) is 2. The molecule has 0 radical (unpaired) electrons. The van der Waals surface area contributed by atoms with E-state index in [2.05, 4.69) is 39.4 Å². The van der Waals surface area contributed by atoms with Gasteiger partial charge in [0.2, 0.25) is 0 Å². The van der Waals surface area contributed by atoms with Crippen molar-refractivity contribution < 1.29 is 0 Å². The smallest absolute Gasteiger partial charge is 0.191 e. The molecule has 6 heteroatoms. The van der Waals surface area contributed by atoms with Gasteiger partial charge in [0.1, 0.15) is 12.1 Å². The first-order valence-electron chi connectivity index (χ1n) is 8.29. The number of nitrogens with zero attached hydrogens (tertiary/aromatic N) is 4. The Balaban J connectivity index is 1.90. The van der Waals surface area contributed by atoms with Crippen molar-refractivity contribution in [1.82, 2.24) is 25.2 Å². The van der Waals surface area contributed by atoms with Crippen LogP contribution >= 0.6 is 0 Å². The summed E-state index contributed by atoms with van der Waals surface area (Å²) in [6.07, 6.45) is 10.9. The van der Waals surface area contributed by atoms with Gasteiger partial charge in [0.15, 0.2) is 5.96 Å². The third kappa shape index (κ3) is 5.73. The second-order valence-electron chi connectivity index (χ2n) is 5.32. The Bertz CT molecular complexity index is 574. The largest absolute Gasteiger partial charge is 0.357 e. The van der Waals surface area contributed by atoms with Crippen LogP contribution in [0, 0.1) is 0 Å². The summed E-state index contributed by atoms with van der Waals surface area (Å²) in [5, 5.41) is 6.64. The molecule has 2 aromatic heterocycles. The van der Waals surface area contributed by atoms with E-state index in [0.29, 0.717) is 6.54 Å². The maximum absolute atomic E-state index is 4.61. The van der Waals surface area contributed by atoms with Gasteiger partial charge in [-0.2, -0.15) is 0 Å². The molecule has 2 heterocycles. The summed E-state index contributed by atoms with van der Waals surface area (Å²) in [7, 11) is 0. The maximum Gasteiger partial charge on any atom is 0.191 e. The molecule has 0 saturated heterocycles. The molecule has 0 atom stereocenters. The summed E-state index contributed by atoms with van der Waals surface area (Å²) >= 11 is 0. The minimum absolute atomic E-state index is 0.611. The fraction of sp³-hybridized carbons (Fsp3) is 0.471. The van der Waals surface area contributed by atoms with Crippen molar-refractivity contribution in [2.75, 3.05) is 13.1 Å². The Morgan fingerprint density at radius 2 is 2.13 bits per heavy atom. The summed E-state index contributed by atoms with van der Waals surface area (Å²) in [6.45, 7) is 6.71. The third-order valence-corrected chi connectivity index (χ3v) is 3.41. The number of aromatic nitrogens is 3. The molecule has 23 heavy (non-hydrogen) atoms. The van der Waals surface area contributed by atoms with Crippen LogP contribution in [0.2, 0.25) is 0 Å². The first-order chi connectivity index (χ1) is 11.3. The van der Waals surface area contributed by atoms with Crippen LogP contribution in [0.3, 0.4) is 0 Å². The zero-order valence-electron chi connectivity index (χ0n) is 14.0. The van der Waals surface area contributed by atoms with Crippen LogP contribution in [0.5, 0.6) is 0 Å². The SMILES string of the molecule is CCCCCNC(=NCc1ccc(-n2ccnc2)nc1)NCC. The second kappa shape index (κ2) is 9.61. The van der Waals surface area contributed by atoms with Gasteiger partial charge in [0.25, 0.3) is 0 Å². The Hall–Kier alpha value is -2.37. The highest BCUT2D eigenvalue weighted by Crippen LogP contribution is 2.06. The first kappa shape index (κ1) is 17.0. The summed E-state index contributed by atoms with van der Waals surface area (Å²) < 4.78 is 1.88. The van der Waals surface area contributed by atoms with E-state index in [1.807, 2.05) is 29.1 Å². The quantitative estimate of drug-likeness (QED) is 0.446. The number of nitrogens with one attached hydrogen (secondary N) is 2. The molecule has 0 amide bonds. The van der Waals surface area contributed by atoms with E-state index in [0.717, 1.165) is 30.4 Å². The van der Waals surface area contributed by atoms with Crippen molar-refractivity contribution in [3.05, 3.63) is 42.6 Å². The molecule has 0 unspecified atom stereocenters. The monoisotopic (exact) mass is 314 g/mol. The van der Waals surface area contributed by atoms with Gasteiger partial charge in [-0.25, -0.2) is 15.0 Å². The van der Waals surface area contributed by atoms with Crippen molar-refractivity contribution >= 4 is 5.96 Å². The molecule has 0 aromatic carbocycles. The van der Waals surface area contributed by atoms with Crippen molar-refractivity contribution in [2.45, 2.75) is 39.7 Å². The summed E-state index contributed by atoms with van der Waals surface area (Å²) in [4.78, 5) is 13.1. The van der Waals surface area contributed by atoms with Gasteiger partial charge in [-0.05, 0) is 25.0 Å². The van der Waals surface area contributed by atoms with E-state index < -0.39 is 0 Å². The van der Waals surface area contributed by atoms with E-state index in [1.54, 1.807) is 12.5 Å². The molecule has 0 saturated carbocycles. The normalized spacial score (nSPS) is 11.5. The summed E-state index contributed by atoms with van der Waals surface area (Å²) in [5.74, 6) is 1.72. The van der Waals surface area contributed by atoms with E-state index in [4.69, 9.17) is 0 Å². The van der Waals surface area contributed by atoms with Gasteiger partial charge < -0.3 is 10.6 Å². The molecule has 0 bridgehead atoms. The summed E-state index contributed by atoms with van der Waals surface area (Å²) in [5.41, 5.74) is 1.08. The molecule has 2 aromatic rings. The molecule has 2 rings (SSSR count). The highest BCUT2D eigenvalue weighted by molar-refractivity contribution is 5.79. The van der Waals surface area contributed by atoms with Gasteiger partial charge in [-0.3, -0.25) is 4.57 Å². The molecular formula is C17H26N6. The third-order valence-electron chi connectivity index (χ3n) is 3.41. The fourth-order valence-corrected chi connectivity index (χ4v) is 2.15. The maximum atomic E-state index is 4.61. The number of hydrogen-bond donors (Lipinski definition) is 2. The van der Waals surface area contributed by atoms with Crippen molar-refractivity contribution in [2.24, 2.45) is 4.99 Å². The lowest BCUT2D eigenvalue weighted by Crippen LogP contribution is -2.37. The van der Waals surface area contributed by atoms with E-state index in [1.165, 1.54) is 19.3 Å². The predicted molar refractivity (Wildman–Crippen MR) is 93.7 cm³/mol. The topological polar surface area (TPSA) is 67.1 Å². The number of imidazole rings is 1. The second-order valence-corrected chi connectivity index (χ2v) is 5.32. The lowest BCUT2D eigenvalue weighted by atomic mass is 10.2. The number of guanidine groups is 1. The van der Waals surface area contributed by atoms with Gasteiger partial charge in [0, 0.05) is 31.7 Å². The van der Waals surface area contributed by atoms with Gasteiger partial charge >= 0.3 is 0 Å². The number of rotatable bonds is 8. The van der Waals surface area contributed by atoms with E-state index in [9.17, 15) is 0 Å². The summed E-state index contributed by atoms with van der Waals surface area (Å²) in [6, 6.07) is 4.03. The molecular weight excluding hydrogens is 288 g/mol. The standard InChI is InChI=1S/C17H26N6/c1-3-5-6-9-20-17(19-4-2)22-13-15-7-8-16(21-12-15)23-11-10-18-14-23/h7-8,10-12,14H,3-6,9,13H2,1-2H3,(H2,19,20,22). The molecule has 0 aliphatic rings. The molecule has 0 fully saturated rings. The molecule has 0 aliphatic heterocycles. The van der Waals surface area contributed by atoms with Gasteiger partial charge in [-0.15, -0.1) is 0 Å². The average molecular weight is 314 g/mol. The Labute approximate surface area is 138 Å². The molecule has 0 aliphatic carbocycles. The first-order valence-corrected chi connectivity index (χ1v) is 8.29. The molecule has 2 N–H and O–H groups in total. The van der Waals surface area contributed by atoms with Crippen LogP contribution in [-0.4, -0.2) is 33.6 Å². The zero-order valence-corrected chi connectivity index (χ0v) is 14.0. The van der Waals surface area contributed by atoms with Gasteiger partial charge in [0.05, 0.1) is 6.54 Å². The van der Waals surface area contributed by atoms with E-state index in [-0.39, 0.29) is 0 Å². The van der Waals surface area contributed by atoms with Crippen LogP contribution < -0.4 is 10.6 Å². The number of aliphatic imine (C=N–C) groups is 1. The van der Waals surface area contributed by atoms with Crippen molar-refractivity contribution in [3.8, 4) is 5.82 Å². The van der Waals surface area contributed by atoms with Crippen LogP contribution in [0.25, 0.3) is 5.82 Å². The molecule has 124 valence electrons. The minimum Gasteiger partial charge on any atom is -0.357 e. The highest BCUT2D eigenvalue weighted by Gasteiger charge is 2.00. The zero-order chi connectivity index (χ0) is 16.3. The number of hydrogen-bond acceptors (Lipinski definition) is 3. The lowest BCUT2D eigenvalue weighted by molar-refractivity contribution is 0.683. The highest BCUT2D eigenvalue weighted by atomic mass is 15.2. The van der Waals surface area contributed by atoms with E-state index >= 15 is 0 Å². The molecule has 6 nitrogen and oxygen atoms in total. The fourth-order valence-electron chi connectivity index (χ4n) is 2.15. The molecule has 0 spiro atoms. The average Bonchev–Trinajstić information content (AvgIpc) is 3.11. The minimum atomic E-state index is 0.611. The van der Waals surface area contributed by atoms with Crippen LogP contribution in [0.4, 0.5) is 0 Å². The van der Waals surface area contributed by atoms with Crippen LogP contribution in [0.15, 0.2) is 42.0 Å². The van der Waals surface area contributed by atoms with Crippen LogP contribution in [-0.2, 0) is 6.54 Å². The number of pyridine rings is 1. The van der Waals surface area contributed by atoms with Crippen molar-refractivity contribution in [1.29, 1.82) is 0 Å². The van der Waals surface area contributed by atoms with Crippen molar-refractivity contribution in [3.63, 3.8) is 0 Å². The Morgan fingerprint density at radius 3 is 2.78 bits per heavy atom. The lowest BCUT2D eigenvalue weighted by Gasteiger charge is -2.11. The van der Waals surface area contributed by atoms with Crippen LogP contribution in [0.1, 0.15) is 38.7 Å². The Kier molecular flexibility index (Phi) is 7.10.